The van der Waals surface area contributed by atoms with Gasteiger partial charge in [-0.2, -0.15) is 0 Å². The van der Waals surface area contributed by atoms with E-state index in [4.69, 9.17) is 0 Å². The molecule has 1 aliphatic carbocycles. The summed E-state index contributed by atoms with van der Waals surface area (Å²) in [4.78, 5) is 0. The molecule has 1 aliphatic heterocycles. The van der Waals surface area contributed by atoms with Gasteiger partial charge in [0.1, 0.15) is 0 Å². The molecule has 0 bridgehead atoms. The Labute approximate surface area is 280 Å². The monoisotopic (exact) mass is 633 g/mol. The van der Waals surface area contributed by atoms with Crippen LogP contribution in [0.5, 0.6) is 0 Å². The van der Waals surface area contributed by atoms with E-state index in [1.807, 2.05) is 36.4 Å². The third kappa shape index (κ3) is 3.56. The molecular formula is C45H32NOP. The maximum atomic E-state index is 15.8. The zero-order chi connectivity index (χ0) is 32.2. The fourth-order valence-corrected chi connectivity index (χ4v) is 11.9. The van der Waals surface area contributed by atoms with Crippen molar-refractivity contribution in [1.82, 2.24) is 4.57 Å². The van der Waals surface area contributed by atoms with Gasteiger partial charge < -0.3 is 9.13 Å². The Kier molecular flexibility index (Phi) is 5.65. The maximum absolute atomic E-state index is 15.8. The van der Waals surface area contributed by atoms with E-state index in [1.165, 1.54) is 33.4 Å². The van der Waals surface area contributed by atoms with Crippen molar-refractivity contribution in [2.24, 2.45) is 0 Å². The van der Waals surface area contributed by atoms with Gasteiger partial charge in [0.05, 0.1) is 11.0 Å². The predicted octanol–water partition coefficient (Wildman–Crippen LogP) is 10.4. The first kappa shape index (κ1) is 27.7. The minimum Gasteiger partial charge on any atom is -0.309 e. The lowest BCUT2D eigenvalue weighted by Crippen LogP contribution is -2.21. The van der Waals surface area contributed by atoms with Gasteiger partial charge in [0.25, 0.3) is 0 Å². The molecule has 1 aromatic heterocycles. The third-order valence-corrected chi connectivity index (χ3v) is 14.0. The normalized spacial score (nSPS) is 16.9. The molecule has 1 atom stereocenters. The molecule has 48 heavy (non-hydrogen) atoms. The Balaban J connectivity index is 1.26. The van der Waals surface area contributed by atoms with Gasteiger partial charge in [0, 0.05) is 37.8 Å². The van der Waals surface area contributed by atoms with E-state index >= 15 is 4.57 Å². The van der Waals surface area contributed by atoms with Crippen LogP contribution in [0, 0.1) is 0 Å². The summed E-state index contributed by atoms with van der Waals surface area (Å²) in [5.41, 5.74) is 13.1. The van der Waals surface area contributed by atoms with E-state index in [2.05, 4.69) is 140 Å². The van der Waals surface area contributed by atoms with Crippen LogP contribution in [-0.2, 0) is 9.98 Å². The Hall–Kier alpha value is -5.43. The highest BCUT2D eigenvalue weighted by molar-refractivity contribution is 7.86. The smallest absolute Gasteiger partial charge is 0.172 e. The average molecular weight is 634 g/mol. The van der Waals surface area contributed by atoms with E-state index in [9.17, 15) is 0 Å². The number of benzene rings is 7. The molecule has 7 aromatic carbocycles. The van der Waals surface area contributed by atoms with Gasteiger partial charge in [-0.1, -0.05) is 141 Å². The van der Waals surface area contributed by atoms with Gasteiger partial charge in [-0.25, -0.2) is 0 Å². The van der Waals surface area contributed by atoms with Crippen LogP contribution in [0.4, 0.5) is 0 Å². The second kappa shape index (κ2) is 9.80. The van der Waals surface area contributed by atoms with Gasteiger partial charge in [-0.05, 0) is 74.8 Å². The minimum absolute atomic E-state index is 0.103. The van der Waals surface area contributed by atoms with Gasteiger partial charge in [-0.3, -0.25) is 0 Å². The minimum atomic E-state index is -3.15. The van der Waals surface area contributed by atoms with Crippen LogP contribution < -0.4 is 15.9 Å². The van der Waals surface area contributed by atoms with Crippen LogP contribution in [0.25, 0.3) is 60.9 Å². The summed E-state index contributed by atoms with van der Waals surface area (Å²) in [6.07, 6.45) is 0. The van der Waals surface area contributed by atoms with E-state index in [-0.39, 0.29) is 5.41 Å². The summed E-state index contributed by atoms with van der Waals surface area (Å²) >= 11 is 0. The van der Waals surface area contributed by atoms with E-state index < -0.39 is 7.14 Å². The summed E-state index contributed by atoms with van der Waals surface area (Å²) in [7, 11) is -3.15. The molecule has 1 unspecified atom stereocenters. The Morgan fingerprint density at radius 1 is 0.521 bits per heavy atom. The van der Waals surface area contributed by atoms with Crippen molar-refractivity contribution in [2.75, 3.05) is 0 Å². The first-order valence-electron chi connectivity index (χ1n) is 16.6. The van der Waals surface area contributed by atoms with Crippen LogP contribution in [0.15, 0.2) is 158 Å². The number of nitrogens with zero attached hydrogens (tertiary/aromatic N) is 1. The number of hydrogen-bond donors (Lipinski definition) is 0. The summed E-state index contributed by atoms with van der Waals surface area (Å²) in [6.45, 7) is 4.67. The highest BCUT2D eigenvalue weighted by atomic mass is 31.2. The molecule has 0 N–H and O–H groups in total. The van der Waals surface area contributed by atoms with E-state index in [1.54, 1.807) is 0 Å². The van der Waals surface area contributed by atoms with Gasteiger partial charge >= 0.3 is 0 Å². The molecule has 228 valence electrons. The highest BCUT2D eigenvalue weighted by Crippen LogP contribution is 2.55. The van der Waals surface area contributed by atoms with Crippen LogP contribution in [0.1, 0.15) is 25.0 Å². The predicted molar refractivity (Wildman–Crippen MR) is 202 cm³/mol. The fourth-order valence-electron chi connectivity index (χ4n) is 8.57. The zero-order valence-corrected chi connectivity index (χ0v) is 27.7. The lowest BCUT2D eigenvalue weighted by atomic mass is 9.82. The molecular weight excluding hydrogens is 601 g/mol. The molecule has 3 heteroatoms. The van der Waals surface area contributed by atoms with Crippen LogP contribution in [-0.4, -0.2) is 4.57 Å². The van der Waals surface area contributed by atoms with Crippen molar-refractivity contribution in [1.29, 1.82) is 0 Å². The second-order valence-corrected chi connectivity index (χ2v) is 16.3. The summed E-state index contributed by atoms with van der Waals surface area (Å²) < 4.78 is 18.1. The summed E-state index contributed by atoms with van der Waals surface area (Å²) in [5, 5.41) is 4.98. The Morgan fingerprint density at radius 3 is 2.00 bits per heavy atom. The second-order valence-electron chi connectivity index (χ2n) is 13.7. The van der Waals surface area contributed by atoms with Gasteiger partial charge in [0.15, 0.2) is 7.14 Å². The maximum Gasteiger partial charge on any atom is 0.172 e. The molecule has 0 radical (unpaired) electrons. The van der Waals surface area contributed by atoms with Crippen molar-refractivity contribution in [3.8, 4) is 39.1 Å². The molecule has 0 spiro atoms. The number of rotatable bonds is 3. The molecule has 10 rings (SSSR count). The lowest BCUT2D eigenvalue weighted by molar-refractivity contribution is 0.593. The first-order valence-corrected chi connectivity index (χ1v) is 18.3. The molecule has 2 heterocycles. The van der Waals surface area contributed by atoms with Crippen LogP contribution in [0.3, 0.4) is 0 Å². The fraction of sp³-hybridized carbons (Fsp3) is 0.0667. The molecule has 2 nitrogen and oxygen atoms in total. The molecule has 0 saturated carbocycles. The van der Waals surface area contributed by atoms with Crippen molar-refractivity contribution in [2.45, 2.75) is 19.3 Å². The third-order valence-electron chi connectivity index (χ3n) is 10.8. The SMILES string of the molecule is CC1(C)c2ccc(-c3ccccc3)cc2-c2cc(-n3c4ccccc4c4c5c(ccc43)-c3ccccc3P5(=O)c3ccccc3)ccc21. The van der Waals surface area contributed by atoms with Crippen LogP contribution in [0.2, 0.25) is 0 Å². The van der Waals surface area contributed by atoms with Gasteiger partial charge in [-0.15, -0.1) is 0 Å². The molecule has 0 fully saturated rings. The number of fused-ring (bicyclic) bond motifs is 10. The molecule has 2 aliphatic rings. The largest absolute Gasteiger partial charge is 0.309 e. The lowest BCUT2D eigenvalue weighted by Gasteiger charge is -2.22. The summed E-state index contributed by atoms with van der Waals surface area (Å²) in [6, 6.07) is 56.0. The van der Waals surface area contributed by atoms with Crippen molar-refractivity contribution in [3.63, 3.8) is 0 Å². The van der Waals surface area contributed by atoms with E-state index in [0.29, 0.717) is 0 Å². The molecule has 8 aromatic rings. The van der Waals surface area contributed by atoms with Crippen molar-refractivity contribution < 1.29 is 4.57 Å². The Morgan fingerprint density at radius 2 is 1.19 bits per heavy atom. The topological polar surface area (TPSA) is 22.0 Å². The first-order chi connectivity index (χ1) is 23.5. The van der Waals surface area contributed by atoms with Crippen molar-refractivity contribution in [3.05, 3.63) is 169 Å². The van der Waals surface area contributed by atoms with Crippen LogP contribution >= 0.6 is 7.14 Å². The van der Waals surface area contributed by atoms with Gasteiger partial charge in [0.2, 0.25) is 0 Å². The number of hydrogen-bond acceptors (Lipinski definition) is 1. The van der Waals surface area contributed by atoms with E-state index in [0.717, 1.165) is 54.5 Å². The Bertz CT molecular complexity index is 2670. The highest BCUT2D eigenvalue weighted by Gasteiger charge is 2.42. The summed E-state index contributed by atoms with van der Waals surface area (Å²) in [5.74, 6) is 0. The molecule has 0 saturated heterocycles. The standard InChI is InChI=1S/C45H32NOP/c1-45(2)38-24-21-30(29-13-5-3-6-14-29)27-36(38)37-28-31(22-25-39(37)45)46-40-19-11-9-18-35(40)43-41(46)26-23-34-33-17-10-12-20-42(33)48(47,44(34)43)32-15-7-4-8-16-32/h3-28H,1-2H3. The molecule has 0 amide bonds. The number of aromatic nitrogens is 1. The number of para-hydroxylation sites is 1. The van der Waals surface area contributed by atoms with Crippen molar-refractivity contribution >= 4 is 44.9 Å². The quantitative estimate of drug-likeness (QED) is 0.178. The average Bonchev–Trinajstić information content (AvgIpc) is 3.70. The zero-order valence-electron chi connectivity index (χ0n) is 26.8.